The van der Waals surface area contributed by atoms with Gasteiger partial charge >= 0.3 is 0 Å². The molecule has 1 fully saturated rings. The van der Waals surface area contributed by atoms with Gasteiger partial charge in [-0.3, -0.25) is 0 Å². The molecule has 0 aliphatic carbocycles. The average molecular weight is 435 g/mol. The van der Waals surface area contributed by atoms with E-state index in [0.29, 0.717) is 35.8 Å². The Morgan fingerprint density at radius 3 is 2.40 bits per heavy atom. The van der Waals surface area contributed by atoms with Crippen molar-refractivity contribution in [2.45, 2.75) is 56.7 Å². The van der Waals surface area contributed by atoms with Crippen LogP contribution in [0.5, 0.6) is 5.75 Å². The molecule has 30 heavy (non-hydrogen) atoms. The summed E-state index contributed by atoms with van der Waals surface area (Å²) in [5, 5.41) is 41.1. The van der Waals surface area contributed by atoms with Crippen LogP contribution >= 0.6 is 11.6 Å². The summed E-state index contributed by atoms with van der Waals surface area (Å²) in [6, 6.07) is 10.2. The molecule has 4 N–H and O–H groups in total. The van der Waals surface area contributed by atoms with Gasteiger partial charge in [0.25, 0.3) is 0 Å². The van der Waals surface area contributed by atoms with Crippen LogP contribution in [0.2, 0.25) is 5.02 Å². The Balaban J connectivity index is 1.73. The molecule has 5 atom stereocenters. The summed E-state index contributed by atoms with van der Waals surface area (Å²) < 4.78 is 11.6. The first-order valence-corrected chi connectivity index (χ1v) is 10.7. The van der Waals surface area contributed by atoms with Crippen LogP contribution in [0.1, 0.15) is 40.8 Å². The fourth-order valence-electron chi connectivity index (χ4n) is 4.24. The molecule has 2 aromatic rings. The van der Waals surface area contributed by atoms with Gasteiger partial charge in [0.15, 0.2) is 0 Å². The number of aliphatic hydroxyl groups excluding tert-OH is 4. The highest BCUT2D eigenvalue weighted by Crippen LogP contribution is 2.45. The standard InChI is InChI=1S/C23H27ClO6/c1-2-12-3-5-13(6-4-12)9-14-10-16(22-15(18(14)24)7-8-29-22)23-21(28)20(27)19(26)17(11-25)30-23/h3-6,10,17,19-21,23,25-28H,2,7-9,11H2,1H3/t17-,19-,20+,21-,23+/m1/s1. The van der Waals surface area contributed by atoms with Gasteiger partial charge in [0.05, 0.1) is 18.2 Å². The number of ether oxygens (including phenoxy) is 2. The molecule has 2 aromatic carbocycles. The summed E-state index contributed by atoms with van der Waals surface area (Å²) in [6.07, 6.45) is -3.94. The second-order valence-electron chi connectivity index (χ2n) is 7.94. The molecule has 0 radical (unpaired) electrons. The number of fused-ring (bicyclic) bond motifs is 1. The Morgan fingerprint density at radius 2 is 1.73 bits per heavy atom. The van der Waals surface area contributed by atoms with E-state index in [1.54, 1.807) is 0 Å². The Morgan fingerprint density at radius 1 is 1.03 bits per heavy atom. The highest BCUT2D eigenvalue weighted by molar-refractivity contribution is 6.32. The molecule has 0 spiro atoms. The lowest BCUT2D eigenvalue weighted by atomic mass is 9.88. The Kier molecular flexibility index (Phi) is 6.34. The summed E-state index contributed by atoms with van der Waals surface area (Å²) in [5.41, 5.74) is 4.66. The number of hydrogen-bond donors (Lipinski definition) is 4. The van der Waals surface area contributed by atoms with Crippen molar-refractivity contribution in [2.24, 2.45) is 0 Å². The Hall–Kier alpha value is -1.67. The smallest absolute Gasteiger partial charge is 0.130 e. The zero-order chi connectivity index (χ0) is 21.4. The molecular formula is C23H27ClO6. The minimum Gasteiger partial charge on any atom is -0.493 e. The molecule has 4 rings (SSSR count). The van der Waals surface area contributed by atoms with Gasteiger partial charge in [0.1, 0.15) is 36.3 Å². The highest BCUT2D eigenvalue weighted by Gasteiger charge is 2.45. The van der Waals surface area contributed by atoms with E-state index in [2.05, 4.69) is 31.2 Å². The number of aryl methyl sites for hydroxylation is 1. The van der Waals surface area contributed by atoms with Crippen molar-refractivity contribution in [3.63, 3.8) is 0 Å². The van der Waals surface area contributed by atoms with Crippen LogP contribution in [-0.2, 0) is 24.0 Å². The van der Waals surface area contributed by atoms with Crippen molar-refractivity contribution in [1.82, 2.24) is 0 Å². The maximum atomic E-state index is 10.6. The predicted molar refractivity (Wildman–Crippen MR) is 112 cm³/mol. The Bertz CT molecular complexity index is 898. The van der Waals surface area contributed by atoms with Crippen LogP contribution in [0.25, 0.3) is 0 Å². The Labute approximate surface area is 180 Å². The van der Waals surface area contributed by atoms with E-state index < -0.39 is 37.1 Å². The molecule has 0 aromatic heterocycles. The first-order chi connectivity index (χ1) is 14.4. The number of benzene rings is 2. The summed E-state index contributed by atoms with van der Waals surface area (Å²) in [5.74, 6) is 0.550. The third-order valence-corrected chi connectivity index (χ3v) is 6.51. The van der Waals surface area contributed by atoms with Crippen LogP contribution < -0.4 is 4.74 Å². The quantitative estimate of drug-likeness (QED) is 0.574. The second-order valence-corrected chi connectivity index (χ2v) is 8.32. The van der Waals surface area contributed by atoms with Gasteiger partial charge in [-0.15, -0.1) is 0 Å². The second kappa shape index (κ2) is 8.83. The third-order valence-electron chi connectivity index (χ3n) is 6.04. The largest absolute Gasteiger partial charge is 0.493 e. The molecule has 0 unspecified atom stereocenters. The van der Waals surface area contributed by atoms with Crippen molar-refractivity contribution in [2.75, 3.05) is 13.2 Å². The van der Waals surface area contributed by atoms with E-state index in [1.165, 1.54) is 5.56 Å². The van der Waals surface area contributed by atoms with Crippen LogP contribution in [0.15, 0.2) is 30.3 Å². The lowest BCUT2D eigenvalue weighted by Crippen LogP contribution is -2.55. The van der Waals surface area contributed by atoms with Crippen molar-refractivity contribution >= 4 is 11.6 Å². The number of hydrogen-bond acceptors (Lipinski definition) is 6. The fraction of sp³-hybridized carbons (Fsp3) is 0.478. The van der Waals surface area contributed by atoms with Crippen LogP contribution in [0, 0.1) is 0 Å². The van der Waals surface area contributed by atoms with Crippen molar-refractivity contribution in [3.05, 3.63) is 63.2 Å². The van der Waals surface area contributed by atoms with Gasteiger partial charge in [0, 0.05) is 17.5 Å². The average Bonchev–Trinajstić information content (AvgIpc) is 3.26. The maximum Gasteiger partial charge on any atom is 0.130 e. The van der Waals surface area contributed by atoms with E-state index in [-0.39, 0.29) is 0 Å². The monoisotopic (exact) mass is 434 g/mol. The van der Waals surface area contributed by atoms with Crippen LogP contribution in [-0.4, -0.2) is 58.1 Å². The zero-order valence-corrected chi connectivity index (χ0v) is 17.5. The first-order valence-electron chi connectivity index (χ1n) is 10.3. The van der Waals surface area contributed by atoms with E-state index in [4.69, 9.17) is 21.1 Å². The normalized spacial score (nSPS) is 28.3. The summed E-state index contributed by atoms with van der Waals surface area (Å²) in [4.78, 5) is 0. The molecule has 0 saturated carbocycles. The summed E-state index contributed by atoms with van der Waals surface area (Å²) in [7, 11) is 0. The van der Waals surface area contributed by atoms with Gasteiger partial charge in [-0.1, -0.05) is 42.8 Å². The zero-order valence-electron chi connectivity index (χ0n) is 16.8. The molecule has 0 bridgehead atoms. The minimum absolute atomic E-state index is 0.466. The third kappa shape index (κ3) is 3.84. The van der Waals surface area contributed by atoms with E-state index in [9.17, 15) is 20.4 Å². The minimum atomic E-state index is -1.45. The van der Waals surface area contributed by atoms with Gasteiger partial charge in [-0.25, -0.2) is 0 Å². The molecule has 2 aliphatic heterocycles. The summed E-state index contributed by atoms with van der Waals surface area (Å²) in [6.45, 7) is 2.10. The molecule has 6 nitrogen and oxygen atoms in total. The van der Waals surface area contributed by atoms with E-state index in [0.717, 1.165) is 23.1 Å². The maximum absolute atomic E-state index is 10.6. The SMILES string of the molecule is CCc1ccc(Cc2cc([C@@H]3O[C@H](CO)[C@@H](O)[C@H](O)[C@H]3O)c3c(c2Cl)CCO3)cc1. The predicted octanol–water partition coefficient (Wildman–Crippen LogP) is 1.94. The molecule has 2 aliphatic rings. The summed E-state index contributed by atoms with van der Waals surface area (Å²) >= 11 is 6.71. The van der Waals surface area contributed by atoms with Crippen LogP contribution in [0.4, 0.5) is 0 Å². The molecule has 2 heterocycles. The van der Waals surface area contributed by atoms with Gasteiger partial charge in [-0.05, 0) is 35.6 Å². The van der Waals surface area contributed by atoms with Gasteiger partial charge < -0.3 is 29.9 Å². The molecule has 162 valence electrons. The molecular weight excluding hydrogens is 408 g/mol. The molecule has 0 amide bonds. The lowest BCUT2D eigenvalue weighted by molar-refractivity contribution is -0.232. The van der Waals surface area contributed by atoms with E-state index in [1.807, 2.05) is 6.07 Å². The molecule has 7 heteroatoms. The van der Waals surface area contributed by atoms with Gasteiger partial charge in [0.2, 0.25) is 0 Å². The highest BCUT2D eigenvalue weighted by atomic mass is 35.5. The van der Waals surface area contributed by atoms with E-state index >= 15 is 0 Å². The fourth-order valence-corrected chi connectivity index (χ4v) is 4.55. The topological polar surface area (TPSA) is 99.4 Å². The van der Waals surface area contributed by atoms with Gasteiger partial charge in [-0.2, -0.15) is 0 Å². The first kappa shape index (κ1) is 21.6. The number of rotatable bonds is 5. The lowest BCUT2D eigenvalue weighted by Gasteiger charge is -2.40. The number of aliphatic hydroxyl groups is 4. The van der Waals surface area contributed by atoms with Crippen molar-refractivity contribution in [3.8, 4) is 5.75 Å². The van der Waals surface area contributed by atoms with Crippen LogP contribution in [0.3, 0.4) is 0 Å². The molecule has 1 saturated heterocycles. The number of halogens is 1. The van der Waals surface area contributed by atoms with Crippen molar-refractivity contribution in [1.29, 1.82) is 0 Å². The van der Waals surface area contributed by atoms with Crippen molar-refractivity contribution < 1.29 is 29.9 Å².